The lowest BCUT2D eigenvalue weighted by atomic mass is 9.99. The van der Waals surface area contributed by atoms with Crippen LogP contribution in [-0.4, -0.2) is 35.4 Å². The van der Waals surface area contributed by atoms with Crippen LogP contribution in [0.5, 0.6) is 0 Å². The van der Waals surface area contributed by atoms with E-state index >= 15 is 0 Å². The van der Waals surface area contributed by atoms with Crippen molar-refractivity contribution >= 4 is 10.0 Å². The number of nitrogens with zero attached hydrogens (tertiary/aromatic N) is 3. The van der Waals surface area contributed by atoms with Crippen LogP contribution in [0.1, 0.15) is 23.7 Å². The zero-order chi connectivity index (χ0) is 15.9. The van der Waals surface area contributed by atoms with E-state index in [-0.39, 0.29) is 16.8 Å². The number of hydrogen-bond acceptors (Lipinski definition) is 3. The molecular weight excluding hydrogens is 305 g/mol. The van der Waals surface area contributed by atoms with Gasteiger partial charge >= 0.3 is 0 Å². The number of hydrogen-bond donors (Lipinski definition) is 0. The Hall–Kier alpha value is -1.73. The molecule has 118 valence electrons. The second-order valence-corrected chi connectivity index (χ2v) is 7.52. The minimum atomic E-state index is -3.56. The number of imidazole rings is 1. The standard InChI is InChI=1S/C15H18FN3O2S/c1-11-17-15(10-18(11)2)22(20,21)19-8-7-13(9-19)12-3-5-14(16)6-4-12/h3-6,10,13H,7-9H2,1-2H3. The average Bonchev–Trinajstić information content (AvgIpc) is 3.08. The zero-order valence-corrected chi connectivity index (χ0v) is 13.3. The molecule has 0 amide bonds. The van der Waals surface area contributed by atoms with Gasteiger partial charge in [-0.25, -0.2) is 17.8 Å². The highest BCUT2D eigenvalue weighted by Crippen LogP contribution is 2.30. The van der Waals surface area contributed by atoms with Crippen molar-refractivity contribution in [3.05, 3.63) is 47.7 Å². The van der Waals surface area contributed by atoms with Crippen LogP contribution in [-0.2, 0) is 17.1 Å². The SMILES string of the molecule is Cc1nc(S(=O)(=O)N2CCC(c3ccc(F)cc3)C2)cn1C. The smallest absolute Gasteiger partial charge is 0.262 e. The van der Waals surface area contributed by atoms with Gasteiger partial charge in [-0.15, -0.1) is 0 Å². The molecule has 5 nitrogen and oxygen atoms in total. The predicted molar refractivity (Wildman–Crippen MR) is 80.5 cm³/mol. The molecule has 1 aromatic carbocycles. The van der Waals surface area contributed by atoms with E-state index in [4.69, 9.17) is 0 Å². The van der Waals surface area contributed by atoms with Crippen LogP contribution >= 0.6 is 0 Å². The summed E-state index contributed by atoms with van der Waals surface area (Å²) in [5, 5.41) is 0.0901. The second kappa shape index (κ2) is 5.48. The maximum absolute atomic E-state index is 13.0. The molecule has 0 radical (unpaired) electrons. The molecule has 1 aliphatic rings. The van der Waals surface area contributed by atoms with Gasteiger partial charge in [-0.3, -0.25) is 0 Å². The second-order valence-electron chi connectivity index (χ2n) is 5.64. The molecule has 0 bridgehead atoms. The summed E-state index contributed by atoms with van der Waals surface area (Å²) in [4.78, 5) is 4.12. The molecule has 1 saturated heterocycles. The lowest BCUT2D eigenvalue weighted by Gasteiger charge is -2.15. The van der Waals surface area contributed by atoms with Crippen LogP contribution in [0, 0.1) is 12.7 Å². The van der Waals surface area contributed by atoms with Crippen molar-refractivity contribution in [2.45, 2.75) is 24.3 Å². The van der Waals surface area contributed by atoms with E-state index in [1.54, 1.807) is 30.7 Å². The van der Waals surface area contributed by atoms with Gasteiger partial charge in [0, 0.05) is 26.3 Å². The molecule has 1 unspecified atom stereocenters. The Morgan fingerprint density at radius 1 is 1.27 bits per heavy atom. The monoisotopic (exact) mass is 323 g/mol. The van der Waals surface area contributed by atoms with Gasteiger partial charge in [0.1, 0.15) is 11.6 Å². The van der Waals surface area contributed by atoms with E-state index < -0.39 is 10.0 Å². The molecular formula is C15H18FN3O2S. The third kappa shape index (κ3) is 2.66. The quantitative estimate of drug-likeness (QED) is 0.868. The van der Waals surface area contributed by atoms with Gasteiger partial charge in [-0.05, 0) is 37.0 Å². The molecule has 1 aromatic heterocycles. The average molecular weight is 323 g/mol. The maximum atomic E-state index is 13.0. The molecule has 1 aliphatic heterocycles. The van der Waals surface area contributed by atoms with Crippen LogP contribution < -0.4 is 0 Å². The molecule has 7 heteroatoms. The van der Waals surface area contributed by atoms with Gasteiger partial charge in [0.05, 0.1) is 0 Å². The first-order chi connectivity index (χ1) is 10.4. The van der Waals surface area contributed by atoms with Crippen LogP contribution in [0.4, 0.5) is 4.39 Å². The summed E-state index contributed by atoms with van der Waals surface area (Å²) in [6, 6.07) is 6.27. The van der Waals surface area contributed by atoms with Crippen molar-refractivity contribution in [3.8, 4) is 0 Å². The van der Waals surface area contributed by atoms with Crippen LogP contribution in [0.15, 0.2) is 35.5 Å². The summed E-state index contributed by atoms with van der Waals surface area (Å²) < 4.78 is 41.4. The van der Waals surface area contributed by atoms with Gasteiger partial charge in [0.25, 0.3) is 10.0 Å². The van der Waals surface area contributed by atoms with E-state index in [9.17, 15) is 12.8 Å². The topological polar surface area (TPSA) is 55.2 Å². The third-order valence-corrected chi connectivity index (χ3v) is 5.92. The number of rotatable bonds is 3. The molecule has 3 rings (SSSR count). The maximum Gasteiger partial charge on any atom is 0.262 e. The Labute approximate surface area is 129 Å². The highest BCUT2D eigenvalue weighted by Gasteiger charge is 2.34. The first-order valence-electron chi connectivity index (χ1n) is 7.13. The van der Waals surface area contributed by atoms with Crippen molar-refractivity contribution in [1.29, 1.82) is 0 Å². The van der Waals surface area contributed by atoms with Crippen molar-refractivity contribution in [2.24, 2.45) is 7.05 Å². The van der Waals surface area contributed by atoms with Gasteiger partial charge < -0.3 is 4.57 Å². The molecule has 2 heterocycles. The first-order valence-corrected chi connectivity index (χ1v) is 8.57. The number of benzene rings is 1. The molecule has 1 fully saturated rings. The number of halogens is 1. The Balaban J connectivity index is 1.81. The molecule has 0 spiro atoms. The van der Waals surface area contributed by atoms with Crippen LogP contribution in [0.25, 0.3) is 0 Å². The Morgan fingerprint density at radius 3 is 2.55 bits per heavy atom. The van der Waals surface area contributed by atoms with E-state index in [0.717, 1.165) is 12.0 Å². The summed E-state index contributed by atoms with van der Waals surface area (Å²) in [6.45, 7) is 2.63. The van der Waals surface area contributed by atoms with Crippen LogP contribution in [0.3, 0.4) is 0 Å². The normalized spacial score (nSPS) is 19.7. The summed E-state index contributed by atoms with van der Waals surface area (Å²) >= 11 is 0. The molecule has 2 aromatic rings. The lowest BCUT2D eigenvalue weighted by Crippen LogP contribution is -2.29. The first kappa shape index (κ1) is 15.2. The highest BCUT2D eigenvalue weighted by molar-refractivity contribution is 7.89. The minimum Gasteiger partial charge on any atom is -0.337 e. The van der Waals surface area contributed by atoms with Crippen molar-refractivity contribution < 1.29 is 12.8 Å². The number of aryl methyl sites for hydroxylation is 2. The Kier molecular flexibility index (Phi) is 3.78. The van der Waals surface area contributed by atoms with Gasteiger partial charge in [-0.1, -0.05) is 12.1 Å². The van der Waals surface area contributed by atoms with Gasteiger partial charge in [0.2, 0.25) is 0 Å². The van der Waals surface area contributed by atoms with Crippen molar-refractivity contribution in [1.82, 2.24) is 13.9 Å². The molecule has 0 aliphatic carbocycles. The molecule has 1 atom stereocenters. The molecule has 0 saturated carbocycles. The largest absolute Gasteiger partial charge is 0.337 e. The van der Waals surface area contributed by atoms with Crippen molar-refractivity contribution in [3.63, 3.8) is 0 Å². The predicted octanol–water partition coefficient (Wildman–Crippen LogP) is 2.05. The summed E-state index contributed by atoms with van der Waals surface area (Å²) in [6.07, 6.45) is 2.27. The van der Waals surface area contributed by atoms with Crippen LogP contribution in [0.2, 0.25) is 0 Å². The Bertz CT molecular complexity index is 764. The number of aromatic nitrogens is 2. The third-order valence-electron chi connectivity index (χ3n) is 4.18. The van der Waals surface area contributed by atoms with Gasteiger partial charge in [-0.2, -0.15) is 4.31 Å². The lowest BCUT2D eigenvalue weighted by molar-refractivity contribution is 0.470. The summed E-state index contributed by atoms with van der Waals surface area (Å²) in [5.74, 6) is 0.475. The fraction of sp³-hybridized carbons (Fsp3) is 0.400. The fourth-order valence-electron chi connectivity index (χ4n) is 2.74. The summed E-state index contributed by atoms with van der Waals surface area (Å²) in [7, 11) is -1.79. The molecule has 0 N–H and O–H groups in total. The Morgan fingerprint density at radius 2 is 1.95 bits per heavy atom. The zero-order valence-electron chi connectivity index (χ0n) is 12.5. The van der Waals surface area contributed by atoms with Crippen molar-refractivity contribution in [2.75, 3.05) is 13.1 Å². The van der Waals surface area contributed by atoms with E-state index in [0.29, 0.717) is 18.9 Å². The summed E-state index contributed by atoms with van der Waals surface area (Å²) in [5.41, 5.74) is 0.969. The van der Waals surface area contributed by atoms with E-state index in [1.807, 2.05) is 0 Å². The number of sulfonamides is 1. The van der Waals surface area contributed by atoms with Gasteiger partial charge in [0.15, 0.2) is 5.03 Å². The fourth-order valence-corrected chi connectivity index (χ4v) is 4.26. The minimum absolute atomic E-state index is 0.0901. The highest BCUT2D eigenvalue weighted by atomic mass is 32.2. The molecule has 22 heavy (non-hydrogen) atoms. The van der Waals surface area contributed by atoms with E-state index in [1.165, 1.54) is 22.6 Å². The van der Waals surface area contributed by atoms with E-state index in [2.05, 4.69) is 4.98 Å².